The molecular formula is C21H38NO3P. The highest BCUT2D eigenvalue weighted by molar-refractivity contribution is 7.51. The molecule has 0 fully saturated rings. The number of aryl methyl sites for hydroxylation is 2. The van der Waals surface area contributed by atoms with E-state index in [0.29, 0.717) is 12.8 Å². The van der Waals surface area contributed by atoms with E-state index in [1.165, 1.54) is 49.7 Å². The van der Waals surface area contributed by atoms with Crippen LogP contribution in [0.3, 0.4) is 0 Å². The highest BCUT2D eigenvalue weighted by atomic mass is 31.2. The molecule has 150 valence electrons. The zero-order valence-corrected chi connectivity index (χ0v) is 17.5. The first-order valence-electron chi connectivity index (χ1n) is 10.1. The van der Waals surface area contributed by atoms with E-state index in [1.807, 2.05) is 6.92 Å². The topological polar surface area (TPSA) is 83.6 Å². The highest BCUT2D eigenvalue weighted by Crippen LogP contribution is 2.36. The van der Waals surface area contributed by atoms with E-state index < -0.39 is 7.60 Å². The molecule has 4 nitrogen and oxygen atoms in total. The van der Waals surface area contributed by atoms with E-state index in [-0.39, 0.29) is 11.7 Å². The van der Waals surface area contributed by atoms with E-state index in [0.717, 1.165) is 19.3 Å². The van der Waals surface area contributed by atoms with Gasteiger partial charge in [-0.2, -0.15) is 0 Å². The van der Waals surface area contributed by atoms with Gasteiger partial charge in [0, 0.05) is 11.7 Å². The third kappa shape index (κ3) is 11.9. The molecule has 1 unspecified atom stereocenters. The van der Waals surface area contributed by atoms with Gasteiger partial charge in [0.2, 0.25) is 0 Å². The molecule has 0 aliphatic carbocycles. The van der Waals surface area contributed by atoms with Gasteiger partial charge in [-0.05, 0) is 56.6 Å². The Morgan fingerprint density at radius 1 is 0.885 bits per heavy atom. The number of hydrogen-bond acceptors (Lipinski definition) is 2. The van der Waals surface area contributed by atoms with E-state index in [4.69, 9.17) is 15.5 Å². The number of benzene rings is 1. The molecule has 1 atom stereocenters. The standard InChI is InChI=1S/C21H38NO3P/c1-3-4-5-6-7-8-10-19-11-13-20(14-12-19)15-17-21(2,22)16-9-18-26(23,24)25/h11-14H,3-10,15-18,22H2,1-2H3,(H2,23,24,25). The van der Waals surface area contributed by atoms with Gasteiger partial charge in [0.15, 0.2) is 0 Å². The van der Waals surface area contributed by atoms with Crippen LogP contribution in [0.15, 0.2) is 24.3 Å². The predicted molar refractivity (Wildman–Crippen MR) is 111 cm³/mol. The van der Waals surface area contributed by atoms with Crippen LogP contribution >= 0.6 is 7.60 Å². The van der Waals surface area contributed by atoms with Crippen molar-refractivity contribution in [1.82, 2.24) is 0 Å². The largest absolute Gasteiger partial charge is 0.325 e. The third-order valence-electron chi connectivity index (χ3n) is 5.02. The maximum atomic E-state index is 10.9. The Bertz CT molecular complexity index is 537. The van der Waals surface area contributed by atoms with Crippen LogP contribution in [0.4, 0.5) is 0 Å². The van der Waals surface area contributed by atoms with Crippen LogP contribution < -0.4 is 5.73 Å². The summed E-state index contributed by atoms with van der Waals surface area (Å²) in [5.74, 6) is 0. The van der Waals surface area contributed by atoms with Gasteiger partial charge in [0.1, 0.15) is 0 Å². The summed E-state index contributed by atoms with van der Waals surface area (Å²) in [6.45, 7) is 4.22. The van der Waals surface area contributed by atoms with Crippen molar-refractivity contribution in [2.24, 2.45) is 5.73 Å². The van der Waals surface area contributed by atoms with E-state index >= 15 is 0 Å². The minimum absolute atomic E-state index is 0.0765. The lowest BCUT2D eigenvalue weighted by atomic mass is 9.90. The average molecular weight is 384 g/mol. The summed E-state index contributed by atoms with van der Waals surface area (Å²) >= 11 is 0. The molecule has 0 spiro atoms. The Morgan fingerprint density at radius 2 is 1.42 bits per heavy atom. The van der Waals surface area contributed by atoms with Gasteiger partial charge in [-0.1, -0.05) is 63.3 Å². The second-order valence-corrected chi connectivity index (χ2v) is 9.76. The lowest BCUT2D eigenvalue weighted by molar-refractivity contribution is 0.359. The maximum Gasteiger partial charge on any atom is 0.325 e. The molecule has 1 rings (SSSR count). The first-order valence-corrected chi connectivity index (χ1v) is 11.9. The molecule has 0 aliphatic rings. The Labute approximate surface area is 159 Å². The maximum absolute atomic E-state index is 10.9. The minimum atomic E-state index is -3.91. The molecule has 26 heavy (non-hydrogen) atoms. The quantitative estimate of drug-likeness (QED) is 0.305. The molecule has 5 heteroatoms. The summed E-state index contributed by atoms with van der Waals surface area (Å²) in [6.07, 6.45) is 11.9. The Balaban J connectivity index is 2.27. The molecule has 0 bridgehead atoms. The molecule has 0 saturated heterocycles. The van der Waals surface area contributed by atoms with Crippen molar-refractivity contribution in [2.75, 3.05) is 6.16 Å². The SMILES string of the molecule is CCCCCCCCc1ccc(CCC(C)(N)CCCP(=O)(O)O)cc1. The van der Waals surface area contributed by atoms with Gasteiger partial charge < -0.3 is 15.5 Å². The number of nitrogens with two attached hydrogens (primary N) is 1. The van der Waals surface area contributed by atoms with Crippen LogP contribution in [0.5, 0.6) is 0 Å². The summed E-state index contributed by atoms with van der Waals surface area (Å²) in [7, 11) is -3.91. The molecule has 0 amide bonds. The lowest BCUT2D eigenvalue weighted by Crippen LogP contribution is -2.36. The highest BCUT2D eigenvalue weighted by Gasteiger charge is 2.20. The molecule has 4 N–H and O–H groups in total. The van der Waals surface area contributed by atoms with Gasteiger partial charge in [0.25, 0.3) is 0 Å². The molecule has 0 saturated carbocycles. The molecule has 0 radical (unpaired) electrons. The minimum Gasteiger partial charge on any atom is -0.325 e. The number of unbranched alkanes of at least 4 members (excludes halogenated alkanes) is 5. The molecule has 0 heterocycles. The van der Waals surface area contributed by atoms with Crippen molar-refractivity contribution < 1.29 is 14.4 Å². The lowest BCUT2D eigenvalue weighted by Gasteiger charge is -2.24. The molecular weight excluding hydrogens is 345 g/mol. The monoisotopic (exact) mass is 383 g/mol. The summed E-state index contributed by atoms with van der Waals surface area (Å²) in [4.78, 5) is 17.9. The van der Waals surface area contributed by atoms with Crippen molar-refractivity contribution in [3.8, 4) is 0 Å². The molecule has 0 aliphatic heterocycles. The third-order valence-corrected chi connectivity index (χ3v) is 5.92. The fourth-order valence-corrected chi connectivity index (χ4v) is 3.80. The van der Waals surface area contributed by atoms with Gasteiger partial charge in [-0.25, -0.2) is 0 Å². The van der Waals surface area contributed by atoms with Crippen LogP contribution in [-0.2, 0) is 17.4 Å². The van der Waals surface area contributed by atoms with Gasteiger partial charge in [0.05, 0.1) is 0 Å². The fraction of sp³-hybridized carbons (Fsp3) is 0.714. The van der Waals surface area contributed by atoms with E-state index in [2.05, 4.69) is 31.2 Å². The van der Waals surface area contributed by atoms with Crippen LogP contribution in [0.1, 0.15) is 82.8 Å². The zero-order valence-electron chi connectivity index (χ0n) is 16.6. The molecule has 0 aromatic heterocycles. The molecule has 1 aromatic rings. The van der Waals surface area contributed by atoms with Gasteiger partial charge in [-0.3, -0.25) is 4.57 Å². The summed E-state index contributed by atoms with van der Waals surface area (Å²) in [5.41, 5.74) is 8.59. The first kappa shape index (κ1) is 23.4. The van der Waals surface area contributed by atoms with Crippen LogP contribution in [-0.4, -0.2) is 21.5 Å². The summed E-state index contributed by atoms with van der Waals surface area (Å²) in [5, 5.41) is 0. The smallest absolute Gasteiger partial charge is 0.325 e. The predicted octanol–water partition coefficient (Wildman–Crippen LogP) is 5.20. The van der Waals surface area contributed by atoms with Gasteiger partial charge in [-0.15, -0.1) is 0 Å². The van der Waals surface area contributed by atoms with Crippen molar-refractivity contribution in [2.45, 2.75) is 90.0 Å². The first-order chi connectivity index (χ1) is 12.2. The average Bonchev–Trinajstić information content (AvgIpc) is 2.56. The Hall–Kier alpha value is -0.670. The van der Waals surface area contributed by atoms with E-state index in [9.17, 15) is 4.57 Å². The van der Waals surface area contributed by atoms with Gasteiger partial charge >= 0.3 is 7.60 Å². The second-order valence-electron chi connectivity index (χ2n) is 7.98. The van der Waals surface area contributed by atoms with Crippen LogP contribution in [0.2, 0.25) is 0 Å². The number of rotatable bonds is 14. The van der Waals surface area contributed by atoms with Crippen molar-refractivity contribution >= 4 is 7.60 Å². The van der Waals surface area contributed by atoms with Crippen molar-refractivity contribution in [3.05, 3.63) is 35.4 Å². The van der Waals surface area contributed by atoms with Crippen molar-refractivity contribution in [1.29, 1.82) is 0 Å². The van der Waals surface area contributed by atoms with Crippen LogP contribution in [0.25, 0.3) is 0 Å². The Kier molecular flexibility index (Phi) is 10.7. The normalized spacial score (nSPS) is 14.3. The fourth-order valence-electron chi connectivity index (χ4n) is 3.23. The van der Waals surface area contributed by atoms with Crippen molar-refractivity contribution in [3.63, 3.8) is 0 Å². The van der Waals surface area contributed by atoms with E-state index in [1.54, 1.807) is 0 Å². The Morgan fingerprint density at radius 3 is 2.00 bits per heavy atom. The number of hydrogen-bond donors (Lipinski definition) is 3. The molecule has 1 aromatic carbocycles. The van der Waals surface area contributed by atoms with Crippen LogP contribution in [0, 0.1) is 0 Å². The summed E-state index contributed by atoms with van der Waals surface area (Å²) in [6, 6.07) is 8.84. The summed E-state index contributed by atoms with van der Waals surface area (Å²) < 4.78 is 10.9. The zero-order chi connectivity index (χ0) is 19.5. The second kappa shape index (κ2) is 11.9.